The van der Waals surface area contributed by atoms with Crippen LogP contribution in [0.3, 0.4) is 0 Å². The SMILES string of the molecule is Cn1nc(CC(O)CSC2CCCCC2)c2ccccc21. The molecule has 114 valence electrons. The molecule has 1 atom stereocenters. The molecule has 1 aromatic heterocycles. The molecule has 21 heavy (non-hydrogen) atoms. The molecular formula is C17H24N2OS. The lowest BCUT2D eigenvalue weighted by atomic mass is 10.0. The van der Waals surface area contributed by atoms with E-state index in [1.807, 2.05) is 35.6 Å². The van der Waals surface area contributed by atoms with Gasteiger partial charge in [0.2, 0.25) is 0 Å². The fraction of sp³-hybridized carbons (Fsp3) is 0.588. The van der Waals surface area contributed by atoms with E-state index < -0.39 is 0 Å². The largest absolute Gasteiger partial charge is 0.392 e. The molecule has 0 aliphatic heterocycles. The summed E-state index contributed by atoms with van der Waals surface area (Å²) < 4.78 is 1.91. The molecule has 0 bridgehead atoms. The number of fused-ring (bicyclic) bond motifs is 1. The molecule has 0 spiro atoms. The van der Waals surface area contributed by atoms with Crippen molar-refractivity contribution in [3.63, 3.8) is 0 Å². The van der Waals surface area contributed by atoms with Crippen LogP contribution in [0.1, 0.15) is 37.8 Å². The number of hydrogen-bond acceptors (Lipinski definition) is 3. The van der Waals surface area contributed by atoms with Gasteiger partial charge < -0.3 is 5.11 Å². The summed E-state index contributed by atoms with van der Waals surface area (Å²) >= 11 is 1.95. The maximum absolute atomic E-state index is 10.3. The number of rotatable bonds is 5. The van der Waals surface area contributed by atoms with Crippen molar-refractivity contribution >= 4 is 22.7 Å². The summed E-state index contributed by atoms with van der Waals surface area (Å²) in [6, 6.07) is 8.24. The van der Waals surface area contributed by atoms with Gasteiger partial charge in [-0.3, -0.25) is 4.68 Å². The third-order valence-corrected chi connectivity index (χ3v) is 5.86. The van der Waals surface area contributed by atoms with Gasteiger partial charge in [-0.25, -0.2) is 0 Å². The van der Waals surface area contributed by atoms with Gasteiger partial charge in [0, 0.05) is 29.9 Å². The van der Waals surface area contributed by atoms with Gasteiger partial charge >= 0.3 is 0 Å². The Morgan fingerprint density at radius 2 is 2.05 bits per heavy atom. The van der Waals surface area contributed by atoms with Crippen LogP contribution in [-0.2, 0) is 13.5 Å². The highest BCUT2D eigenvalue weighted by Gasteiger charge is 2.17. The van der Waals surface area contributed by atoms with E-state index in [1.165, 1.54) is 37.5 Å². The average Bonchev–Trinajstić information content (AvgIpc) is 2.83. The van der Waals surface area contributed by atoms with Crippen molar-refractivity contribution in [1.82, 2.24) is 9.78 Å². The van der Waals surface area contributed by atoms with E-state index in [9.17, 15) is 5.11 Å². The van der Waals surface area contributed by atoms with Crippen molar-refractivity contribution in [3.05, 3.63) is 30.0 Å². The Morgan fingerprint density at radius 1 is 1.29 bits per heavy atom. The predicted octanol–water partition coefficient (Wildman–Crippen LogP) is 3.54. The fourth-order valence-electron chi connectivity index (χ4n) is 3.20. The number of benzene rings is 1. The Hall–Kier alpha value is -1.00. The van der Waals surface area contributed by atoms with Crippen LogP contribution < -0.4 is 0 Å². The first-order valence-corrected chi connectivity index (χ1v) is 8.99. The first-order chi connectivity index (χ1) is 10.2. The van der Waals surface area contributed by atoms with Gasteiger partial charge in [0.15, 0.2) is 0 Å². The number of aryl methyl sites for hydroxylation is 1. The van der Waals surface area contributed by atoms with E-state index in [4.69, 9.17) is 0 Å². The zero-order valence-corrected chi connectivity index (χ0v) is 13.5. The van der Waals surface area contributed by atoms with E-state index in [-0.39, 0.29) is 6.10 Å². The standard InChI is InChI=1S/C17H24N2OS/c1-19-17-10-6-5-9-15(17)16(18-19)11-13(20)12-21-14-7-3-2-4-8-14/h5-6,9-10,13-14,20H,2-4,7-8,11-12H2,1H3. The molecule has 0 radical (unpaired) electrons. The van der Waals surface area contributed by atoms with E-state index in [2.05, 4.69) is 17.2 Å². The van der Waals surface area contributed by atoms with Crippen molar-refractivity contribution in [2.45, 2.75) is 49.9 Å². The summed E-state index contributed by atoms with van der Waals surface area (Å²) in [5.74, 6) is 0.829. The molecule has 1 heterocycles. The minimum atomic E-state index is -0.296. The second kappa shape index (κ2) is 6.84. The second-order valence-electron chi connectivity index (χ2n) is 6.04. The topological polar surface area (TPSA) is 38.0 Å². The summed E-state index contributed by atoms with van der Waals surface area (Å²) in [4.78, 5) is 0. The molecule has 0 saturated heterocycles. The molecule has 1 aliphatic carbocycles. The zero-order chi connectivity index (χ0) is 14.7. The number of para-hydroxylation sites is 1. The Morgan fingerprint density at radius 3 is 2.86 bits per heavy atom. The summed E-state index contributed by atoms with van der Waals surface area (Å²) in [6.07, 6.45) is 7.11. The van der Waals surface area contributed by atoms with Gasteiger partial charge in [-0.15, -0.1) is 0 Å². The van der Waals surface area contributed by atoms with Crippen LogP contribution in [-0.4, -0.2) is 32.0 Å². The molecular weight excluding hydrogens is 280 g/mol. The summed E-state index contributed by atoms with van der Waals surface area (Å²) in [7, 11) is 1.97. The first-order valence-electron chi connectivity index (χ1n) is 7.94. The Bertz CT molecular complexity index is 589. The lowest BCUT2D eigenvalue weighted by molar-refractivity contribution is 0.198. The van der Waals surface area contributed by atoms with Crippen LogP contribution in [0.25, 0.3) is 10.9 Å². The number of aliphatic hydroxyl groups excluding tert-OH is 1. The average molecular weight is 304 g/mol. The molecule has 0 amide bonds. The van der Waals surface area contributed by atoms with Gasteiger partial charge in [-0.1, -0.05) is 37.5 Å². The van der Waals surface area contributed by atoms with Crippen LogP contribution >= 0.6 is 11.8 Å². The van der Waals surface area contributed by atoms with Crippen LogP contribution in [0.5, 0.6) is 0 Å². The van der Waals surface area contributed by atoms with Gasteiger partial charge in [-0.05, 0) is 18.9 Å². The lowest BCUT2D eigenvalue weighted by Gasteiger charge is -2.22. The fourth-order valence-corrected chi connectivity index (χ4v) is 4.48. The molecule has 1 aromatic carbocycles. The van der Waals surface area contributed by atoms with E-state index in [1.54, 1.807) is 0 Å². The molecule has 2 aromatic rings. The highest BCUT2D eigenvalue weighted by Crippen LogP contribution is 2.29. The summed E-state index contributed by atoms with van der Waals surface area (Å²) in [5, 5.41) is 16.8. The summed E-state index contributed by atoms with van der Waals surface area (Å²) in [6.45, 7) is 0. The third kappa shape index (κ3) is 3.61. The minimum absolute atomic E-state index is 0.296. The number of thioether (sulfide) groups is 1. The molecule has 1 aliphatic rings. The molecule has 1 N–H and O–H groups in total. The van der Waals surface area contributed by atoms with Crippen molar-refractivity contribution in [1.29, 1.82) is 0 Å². The van der Waals surface area contributed by atoms with Crippen LogP contribution in [0.2, 0.25) is 0 Å². The third-order valence-electron chi connectivity index (χ3n) is 4.34. The van der Waals surface area contributed by atoms with E-state index >= 15 is 0 Å². The Labute approximate surface area is 130 Å². The molecule has 1 saturated carbocycles. The molecule has 1 unspecified atom stereocenters. The number of nitrogens with zero attached hydrogens (tertiary/aromatic N) is 2. The molecule has 4 heteroatoms. The molecule has 1 fully saturated rings. The molecule has 3 nitrogen and oxygen atoms in total. The highest BCUT2D eigenvalue weighted by atomic mass is 32.2. The van der Waals surface area contributed by atoms with Crippen molar-refractivity contribution < 1.29 is 5.11 Å². The van der Waals surface area contributed by atoms with Crippen LogP contribution in [0, 0.1) is 0 Å². The van der Waals surface area contributed by atoms with Crippen LogP contribution in [0.15, 0.2) is 24.3 Å². The maximum Gasteiger partial charge on any atom is 0.0729 e. The Balaban J connectivity index is 1.59. The number of aromatic nitrogens is 2. The quantitative estimate of drug-likeness (QED) is 0.918. The normalized spacial score (nSPS) is 18.2. The smallest absolute Gasteiger partial charge is 0.0729 e. The highest BCUT2D eigenvalue weighted by molar-refractivity contribution is 7.99. The van der Waals surface area contributed by atoms with Crippen LogP contribution in [0.4, 0.5) is 0 Å². The number of aliphatic hydroxyl groups is 1. The Kier molecular flexibility index (Phi) is 4.86. The molecule has 3 rings (SSSR count). The predicted molar refractivity (Wildman–Crippen MR) is 89.8 cm³/mol. The lowest BCUT2D eigenvalue weighted by Crippen LogP contribution is -2.18. The van der Waals surface area contributed by atoms with Gasteiger partial charge in [-0.2, -0.15) is 16.9 Å². The first kappa shape index (κ1) is 14.9. The van der Waals surface area contributed by atoms with Crippen molar-refractivity contribution in [2.75, 3.05) is 5.75 Å². The van der Waals surface area contributed by atoms with Gasteiger partial charge in [0.25, 0.3) is 0 Å². The maximum atomic E-state index is 10.3. The van der Waals surface area contributed by atoms with E-state index in [0.717, 1.165) is 22.2 Å². The minimum Gasteiger partial charge on any atom is -0.392 e. The van der Waals surface area contributed by atoms with Gasteiger partial charge in [0.1, 0.15) is 0 Å². The zero-order valence-electron chi connectivity index (χ0n) is 12.7. The second-order valence-corrected chi connectivity index (χ2v) is 7.37. The number of hydrogen-bond donors (Lipinski definition) is 1. The van der Waals surface area contributed by atoms with E-state index in [0.29, 0.717) is 6.42 Å². The van der Waals surface area contributed by atoms with Gasteiger partial charge in [0.05, 0.1) is 17.3 Å². The monoisotopic (exact) mass is 304 g/mol. The summed E-state index contributed by atoms with van der Waals surface area (Å²) in [5.41, 5.74) is 2.16. The van der Waals surface area contributed by atoms with Crippen molar-refractivity contribution in [2.24, 2.45) is 7.05 Å². The van der Waals surface area contributed by atoms with Crippen molar-refractivity contribution in [3.8, 4) is 0 Å².